The Bertz CT molecular complexity index is 449. The fourth-order valence-corrected chi connectivity index (χ4v) is 3.80. The second kappa shape index (κ2) is 9.77. The Morgan fingerprint density at radius 1 is 1.00 bits per heavy atom. The Morgan fingerprint density at radius 2 is 1.64 bits per heavy atom. The molecule has 0 saturated heterocycles. The maximum atomic E-state index is 6.14. The topological polar surface area (TPSA) is 9.23 Å². The number of rotatable bonds is 9. The van der Waals surface area contributed by atoms with Gasteiger partial charge in [-0.05, 0) is 53.2 Å². The van der Waals surface area contributed by atoms with Crippen LogP contribution in [0.4, 0.5) is 0 Å². The van der Waals surface area contributed by atoms with Gasteiger partial charge < -0.3 is 4.74 Å². The number of thioether (sulfide) groups is 2. The fraction of sp³-hybridized carbons (Fsp3) is 0.684. The molecule has 1 nitrogen and oxygen atoms in total. The molecule has 0 spiro atoms. The Labute approximate surface area is 146 Å². The SMILES string of the molecule is CCSCCOc1ccc(C)c(CCSCC)c1C(C)(C)C. The number of hydrogen-bond donors (Lipinski definition) is 0. The molecule has 0 atom stereocenters. The van der Waals surface area contributed by atoms with Gasteiger partial charge in [0, 0.05) is 11.3 Å². The zero-order valence-electron chi connectivity index (χ0n) is 15.1. The molecule has 0 unspecified atom stereocenters. The maximum Gasteiger partial charge on any atom is 0.123 e. The molecule has 126 valence electrons. The first kappa shape index (κ1) is 19.8. The van der Waals surface area contributed by atoms with Crippen LogP contribution in [0.25, 0.3) is 0 Å². The molecule has 22 heavy (non-hydrogen) atoms. The molecule has 0 aromatic heterocycles. The van der Waals surface area contributed by atoms with E-state index in [1.807, 2.05) is 23.5 Å². The predicted octanol–water partition coefficient (Wildman–Crippen LogP) is 5.72. The lowest BCUT2D eigenvalue weighted by Crippen LogP contribution is -2.18. The molecule has 0 saturated carbocycles. The molecule has 1 rings (SSSR count). The zero-order valence-corrected chi connectivity index (χ0v) is 16.8. The average Bonchev–Trinajstić information content (AvgIpc) is 2.45. The Morgan fingerprint density at radius 3 is 2.23 bits per heavy atom. The molecular weight excluding hydrogens is 308 g/mol. The highest BCUT2D eigenvalue weighted by atomic mass is 32.2. The maximum absolute atomic E-state index is 6.14. The second-order valence-corrected chi connectivity index (χ2v) is 9.26. The summed E-state index contributed by atoms with van der Waals surface area (Å²) in [5, 5.41) is 0. The summed E-state index contributed by atoms with van der Waals surface area (Å²) in [6.45, 7) is 14.4. The van der Waals surface area contributed by atoms with Gasteiger partial charge in [-0.25, -0.2) is 0 Å². The van der Waals surface area contributed by atoms with Gasteiger partial charge in [0.05, 0.1) is 6.61 Å². The third-order valence-electron chi connectivity index (χ3n) is 3.65. The normalized spacial score (nSPS) is 11.7. The molecule has 0 radical (unpaired) electrons. The largest absolute Gasteiger partial charge is 0.492 e. The highest BCUT2D eigenvalue weighted by Crippen LogP contribution is 2.36. The number of aryl methyl sites for hydroxylation is 1. The number of hydrogen-bond acceptors (Lipinski definition) is 3. The summed E-state index contributed by atoms with van der Waals surface area (Å²) < 4.78 is 6.14. The van der Waals surface area contributed by atoms with E-state index in [0.29, 0.717) is 0 Å². The van der Waals surface area contributed by atoms with Crippen LogP contribution in [0.2, 0.25) is 0 Å². The van der Waals surface area contributed by atoms with Crippen molar-refractivity contribution in [3.05, 3.63) is 28.8 Å². The van der Waals surface area contributed by atoms with Crippen LogP contribution in [0.3, 0.4) is 0 Å². The van der Waals surface area contributed by atoms with Crippen LogP contribution in [-0.4, -0.2) is 29.6 Å². The molecule has 1 aromatic carbocycles. The average molecular weight is 341 g/mol. The summed E-state index contributed by atoms with van der Waals surface area (Å²) in [4.78, 5) is 0. The molecule has 0 N–H and O–H groups in total. The van der Waals surface area contributed by atoms with Gasteiger partial charge >= 0.3 is 0 Å². The fourth-order valence-electron chi connectivity index (χ4n) is 2.67. The number of benzene rings is 1. The molecule has 0 aliphatic carbocycles. The van der Waals surface area contributed by atoms with Crippen molar-refractivity contribution in [3.8, 4) is 5.75 Å². The van der Waals surface area contributed by atoms with Crippen molar-refractivity contribution in [3.63, 3.8) is 0 Å². The van der Waals surface area contributed by atoms with Gasteiger partial charge in [-0.2, -0.15) is 23.5 Å². The van der Waals surface area contributed by atoms with Crippen LogP contribution in [0.1, 0.15) is 51.3 Å². The van der Waals surface area contributed by atoms with E-state index < -0.39 is 0 Å². The summed E-state index contributed by atoms with van der Waals surface area (Å²) in [7, 11) is 0. The minimum atomic E-state index is 0.117. The van der Waals surface area contributed by atoms with Crippen molar-refractivity contribution >= 4 is 23.5 Å². The molecule has 0 bridgehead atoms. The van der Waals surface area contributed by atoms with Gasteiger partial charge in [0.25, 0.3) is 0 Å². The third kappa shape index (κ3) is 6.08. The van der Waals surface area contributed by atoms with Gasteiger partial charge in [-0.3, -0.25) is 0 Å². The molecule has 0 amide bonds. The van der Waals surface area contributed by atoms with Crippen molar-refractivity contribution in [2.75, 3.05) is 29.6 Å². The molecule has 0 fully saturated rings. The lowest BCUT2D eigenvalue weighted by molar-refractivity contribution is 0.332. The number of ether oxygens (including phenoxy) is 1. The van der Waals surface area contributed by atoms with Gasteiger partial charge in [0.15, 0.2) is 0 Å². The Hall–Kier alpha value is -0.280. The zero-order chi connectivity index (χ0) is 16.6. The van der Waals surface area contributed by atoms with Gasteiger partial charge in [0.2, 0.25) is 0 Å². The van der Waals surface area contributed by atoms with E-state index in [1.165, 1.54) is 28.2 Å². The predicted molar refractivity (Wildman–Crippen MR) is 105 cm³/mol. The molecule has 3 heteroatoms. The first-order chi connectivity index (χ1) is 10.4. The third-order valence-corrected chi connectivity index (χ3v) is 5.41. The summed E-state index contributed by atoms with van der Waals surface area (Å²) >= 11 is 3.95. The van der Waals surface area contributed by atoms with Crippen LogP contribution in [0.15, 0.2) is 12.1 Å². The Balaban J connectivity index is 3.02. The minimum Gasteiger partial charge on any atom is -0.492 e. The standard InChI is InChI=1S/C19H32OS2/c1-7-21-13-11-16-15(3)9-10-17(18(16)19(4,5)6)20-12-14-22-8-2/h9-10H,7-8,11-14H2,1-6H3. The van der Waals surface area contributed by atoms with E-state index in [1.54, 1.807) is 0 Å². The van der Waals surface area contributed by atoms with E-state index in [-0.39, 0.29) is 5.41 Å². The van der Waals surface area contributed by atoms with Gasteiger partial charge in [0.1, 0.15) is 5.75 Å². The summed E-state index contributed by atoms with van der Waals surface area (Å²) in [6, 6.07) is 4.40. The lowest BCUT2D eigenvalue weighted by Gasteiger charge is -2.27. The van der Waals surface area contributed by atoms with E-state index in [0.717, 1.165) is 30.3 Å². The highest BCUT2D eigenvalue weighted by molar-refractivity contribution is 7.99. The summed E-state index contributed by atoms with van der Waals surface area (Å²) in [5.41, 5.74) is 4.42. The molecular formula is C19H32OS2. The molecule has 1 aromatic rings. The van der Waals surface area contributed by atoms with Crippen LogP contribution < -0.4 is 4.74 Å². The van der Waals surface area contributed by atoms with Crippen LogP contribution in [0.5, 0.6) is 5.75 Å². The van der Waals surface area contributed by atoms with Crippen molar-refractivity contribution < 1.29 is 4.74 Å². The van der Waals surface area contributed by atoms with Crippen molar-refractivity contribution in [2.45, 2.75) is 53.4 Å². The van der Waals surface area contributed by atoms with E-state index >= 15 is 0 Å². The van der Waals surface area contributed by atoms with Crippen molar-refractivity contribution in [2.24, 2.45) is 0 Å². The summed E-state index contributed by atoms with van der Waals surface area (Å²) in [5.74, 6) is 5.69. The lowest BCUT2D eigenvalue weighted by atomic mass is 9.80. The second-order valence-electron chi connectivity index (χ2n) is 6.48. The van der Waals surface area contributed by atoms with Crippen molar-refractivity contribution in [1.29, 1.82) is 0 Å². The quantitative estimate of drug-likeness (QED) is 0.532. The molecule has 0 heterocycles. The monoisotopic (exact) mass is 340 g/mol. The van der Waals surface area contributed by atoms with Crippen molar-refractivity contribution in [1.82, 2.24) is 0 Å². The van der Waals surface area contributed by atoms with E-state index in [4.69, 9.17) is 4.74 Å². The smallest absolute Gasteiger partial charge is 0.123 e. The van der Waals surface area contributed by atoms with E-state index in [2.05, 4.69) is 53.7 Å². The van der Waals surface area contributed by atoms with Crippen LogP contribution >= 0.6 is 23.5 Å². The van der Waals surface area contributed by atoms with Crippen LogP contribution in [-0.2, 0) is 11.8 Å². The first-order valence-corrected chi connectivity index (χ1v) is 10.6. The van der Waals surface area contributed by atoms with Gasteiger partial charge in [-0.1, -0.05) is 40.7 Å². The van der Waals surface area contributed by atoms with E-state index in [9.17, 15) is 0 Å². The Kier molecular flexibility index (Phi) is 8.78. The minimum absolute atomic E-state index is 0.117. The van der Waals surface area contributed by atoms with Crippen LogP contribution in [0, 0.1) is 6.92 Å². The summed E-state index contributed by atoms with van der Waals surface area (Å²) in [6.07, 6.45) is 1.14. The highest BCUT2D eigenvalue weighted by Gasteiger charge is 2.24. The van der Waals surface area contributed by atoms with Gasteiger partial charge in [-0.15, -0.1) is 0 Å². The molecule has 0 aliphatic heterocycles. The molecule has 0 aliphatic rings. The first-order valence-electron chi connectivity index (χ1n) is 8.33.